The van der Waals surface area contributed by atoms with Crippen molar-refractivity contribution < 1.29 is 0 Å². The highest BCUT2D eigenvalue weighted by atomic mass is 16.2. The van der Waals surface area contributed by atoms with Crippen molar-refractivity contribution in [3.05, 3.63) is 93.5 Å². The molecule has 0 amide bonds. The van der Waals surface area contributed by atoms with Gasteiger partial charge in [0.2, 0.25) is 0 Å². The summed E-state index contributed by atoms with van der Waals surface area (Å²) in [5.74, 6) is 0. The van der Waals surface area contributed by atoms with Crippen molar-refractivity contribution in [3.63, 3.8) is 0 Å². The molecule has 0 saturated heterocycles. The van der Waals surface area contributed by atoms with Crippen LogP contribution >= 0.6 is 0 Å². The van der Waals surface area contributed by atoms with Gasteiger partial charge in [-0.05, 0) is 35.9 Å². The standard InChI is InChI=1S/C18H14N4O2/c23-17-16-15(8-11-20-16)22(14-4-2-1-3-5-14)18(24)21(17)12-13-6-9-19-10-7-13/h1-11,20H,12H2. The summed E-state index contributed by atoms with van der Waals surface area (Å²) in [5, 5.41) is 0. The van der Waals surface area contributed by atoms with E-state index in [1.807, 2.05) is 30.3 Å². The number of aromatic nitrogens is 4. The largest absolute Gasteiger partial charge is 0.355 e. The molecule has 1 aromatic carbocycles. The van der Waals surface area contributed by atoms with E-state index in [1.54, 1.807) is 41.4 Å². The molecule has 24 heavy (non-hydrogen) atoms. The van der Waals surface area contributed by atoms with Crippen LogP contribution in [0.25, 0.3) is 16.7 Å². The van der Waals surface area contributed by atoms with Crippen LogP contribution in [0.5, 0.6) is 0 Å². The van der Waals surface area contributed by atoms with Crippen molar-refractivity contribution in [3.8, 4) is 5.69 Å². The number of pyridine rings is 1. The Hall–Kier alpha value is -3.41. The number of rotatable bonds is 3. The van der Waals surface area contributed by atoms with E-state index in [-0.39, 0.29) is 17.8 Å². The van der Waals surface area contributed by atoms with E-state index in [0.717, 1.165) is 11.3 Å². The summed E-state index contributed by atoms with van der Waals surface area (Å²) >= 11 is 0. The van der Waals surface area contributed by atoms with Crippen LogP contribution in [0.2, 0.25) is 0 Å². The van der Waals surface area contributed by atoms with Gasteiger partial charge in [0, 0.05) is 18.6 Å². The molecule has 0 unspecified atom stereocenters. The molecule has 0 aliphatic rings. The summed E-state index contributed by atoms with van der Waals surface area (Å²) < 4.78 is 2.79. The SMILES string of the molecule is O=c1c2[nH]ccc2n(-c2ccccc2)c(=O)n1Cc1ccncc1. The van der Waals surface area contributed by atoms with E-state index < -0.39 is 0 Å². The molecule has 0 fully saturated rings. The minimum Gasteiger partial charge on any atom is -0.355 e. The third-order valence-corrected chi connectivity index (χ3v) is 3.95. The Morgan fingerprint density at radius 3 is 2.46 bits per heavy atom. The van der Waals surface area contributed by atoms with Gasteiger partial charge in [0.15, 0.2) is 0 Å². The van der Waals surface area contributed by atoms with Gasteiger partial charge < -0.3 is 4.98 Å². The lowest BCUT2D eigenvalue weighted by Crippen LogP contribution is -2.39. The molecule has 0 spiro atoms. The number of hydrogen-bond acceptors (Lipinski definition) is 3. The Labute approximate surface area is 136 Å². The number of nitrogens with zero attached hydrogens (tertiary/aromatic N) is 3. The zero-order valence-electron chi connectivity index (χ0n) is 12.7. The van der Waals surface area contributed by atoms with E-state index >= 15 is 0 Å². The third kappa shape index (κ3) is 2.25. The van der Waals surface area contributed by atoms with Crippen molar-refractivity contribution in [1.82, 2.24) is 19.1 Å². The molecule has 0 atom stereocenters. The smallest absolute Gasteiger partial charge is 0.336 e. The Bertz CT molecular complexity index is 1110. The molecule has 4 aromatic rings. The normalized spacial score (nSPS) is 11.0. The predicted octanol–water partition coefficient (Wildman–Crippen LogP) is 1.92. The number of hydrogen-bond donors (Lipinski definition) is 1. The average molecular weight is 318 g/mol. The van der Waals surface area contributed by atoms with Crippen LogP contribution in [0.3, 0.4) is 0 Å². The van der Waals surface area contributed by atoms with Crippen LogP contribution in [-0.2, 0) is 6.54 Å². The van der Waals surface area contributed by atoms with E-state index in [1.165, 1.54) is 4.57 Å². The lowest BCUT2D eigenvalue weighted by molar-refractivity contribution is 0.684. The van der Waals surface area contributed by atoms with Gasteiger partial charge in [0.1, 0.15) is 5.52 Å². The molecule has 3 heterocycles. The molecule has 6 nitrogen and oxygen atoms in total. The monoisotopic (exact) mass is 318 g/mol. The molecule has 0 saturated carbocycles. The molecular formula is C18H14N4O2. The second kappa shape index (κ2) is 5.66. The molecule has 118 valence electrons. The Morgan fingerprint density at radius 1 is 0.958 bits per heavy atom. The van der Waals surface area contributed by atoms with Crippen LogP contribution in [0.4, 0.5) is 0 Å². The number of nitrogens with one attached hydrogen (secondary N) is 1. The fraction of sp³-hybridized carbons (Fsp3) is 0.0556. The number of fused-ring (bicyclic) bond motifs is 1. The van der Waals surface area contributed by atoms with Crippen molar-refractivity contribution in [2.24, 2.45) is 0 Å². The van der Waals surface area contributed by atoms with Gasteiger partial charge in [0.05, 0.1) is 17.7 Å². The van der Waals surface area contributed by atoms with Gasteiger partial charge in [-0.3, -0.25) is 18.9 Å². The van der Waals surface area contributed by atoms with Gasteiger partial charge >= 0.3 is 5.69 Å². The summed E-state index contributed by atoms with van der Waals surface area (Å²) in [6.07, 6.45) is 4.95. The highest BCUT2D eigenvalue weighted by Crippen LogP contribution is 2.12. The lowest BCUT2D eigenvalue weighted by atomic mass is 10.2. The second-order valence-electron chi connectivity index (χ2n) is 5.44. The first-order chi connectivity index (χ1) is 11.8. The molecule has 0 aliphatic heterocycles. The molecule has 0 bridgehead atoms. The van der Waals surface area contributed by atoms with Crippen LogP contribution in [0.1, 0.15) is 5.56 Å². The number of aromatic amines is 1. The van der Waals surface area contributed by atoms with E-state index in [4.69, 9.17) is 0 Å². The predicted molar refractivity (Wildman–Crippen MR) is 91.5 cm³/mol. The van der Waals surface area contributed by atoms with Crippen LogP contribution in [-0.4, -0.2) is 19.1 Å². The second-order valence-corrected chi connectivity index (χ2v) is 5.44. The first kappa shape index (κ1) is 14.2. The number of benzene rings is 1. The van der Waals surface area contributed by atoms with Crippen molar-refractivity contribution >= 4 is 11.0 Å². The van der Waals surface area contributed by atoms with Crippen LogP contribution in [0, 0.1) is 0 Å². The van der Waals surface area contributed by atoms with Gasteiger partial charge in [-0.25, -0.2) is 4.79 Å². The van der Waals surface area contributed by atoms with Crippen molar-refractivity contribution in [2.75, 3.05) is 0 Å². The fourth-order valence-electron chi connectivity index (χ4n) is 2.80. The molecule has 3 aromatic heterocycles. The van der Waals surface area contributed by atoms with Crippen LogP contribution < -0.4 is 11.2 Å². The lowest BCUT2D eigenvalue weighted by Gasteiger charge is -2.12. The molecular weight excluding hydrogens is 304 g/mol. The van der Waals surface area contributed by atoms with Crippen LogP contribution in [0.15, 0.2) is 76.7 Å². The molecule has 0 aliphatic carbocycles. The summed E-state index contributed by atoms with van der Waals surface area (Å²) in [7, 11) is 0. The minimum atomic E-state index is -0.366. The number of para-hydroxylation sites is 1. The molecule has 1 N–H and O–H groups in total. The highest BCUT2D eigenvalue weighted by Gasteiger charge is 2.15. The fourth-order valence-corrected chi connectivity index (χ4v) is 2.80. The summed E-state index contributed by atoms with van der Waals surface area (Å²) in [6, 6.07) is 14.6. The molecule has 0 radical (unpaired) electrons. The first-order valence-electron chi connectivity index (χ1n) is 7.53. The Morgan fingerprint density at radius 2 is 1.71 bits per heavy atom. The minimum absolute atomic E-state index is 0.196. The van der Waals surface area contributed by atoms with Gasteiger partial charge in [0.25, 0.3) is 5.56 Å². The van der Waals surface area contributed by atoms with Gasteiger partial charge in [-0.2, -0.15) is 0 Å². The topological polar surface area (TPSA) is 72.7 Å². The zero-order chi connectivity index (χ0) is 16.5. The first-order valence-corrected chi connectivity index (χ1v) is 7.53. The summed E-state index contributed by atoms with van der Waals surface area (Å²) in [5.41, 5.74) is 1.85. The quantitative estimate of drug-likeness (QED) is 0.627. The highest BCUT2D eigenvalue weighted by molar-refractivity contribution is 5.76. The van der Waals surface area contributed by atoms with Crippen molar-refractivity contribution in [2.45, 2.75) is 6.54 Å². The van der Waals surface area contributed by atoms with Gasteiger partial charge in [-0.1, -0.05) is 18.2 Å². The molecule has 4 rings (SSSR count). The maximum Gasteiger partial charge on any atom is 0.336 e. The maximum absolute atomic E-state index is 13.0. The van der Waals surface area contributed by atoms with Gasteiger partial charge in [-0.15, -0.1) is 0 Å². The third-order valence-electron chi connectivity index (χ3n) is 3.95. The van der Waals surface area contributed by atoms with Crippen molar-refractivity contribution in [1.29, 1.82) is 0 Å². The Balaban J connectivity index is 2.01. The zero-order valence-corrected chi connectivity index (χ0v) is 12.7. The number of H-pyrrole nitrogens is 1. The Kier molecular flexibility index (Phi) is 3.35. The maximum atomic E-state index is 13.0. The van der Waals surface area contributed by atoms with E-state index in [9.17, 15) is 9.59 Å². The summed E-state index contributed by atoms with van der Waals surface area (Å²) in [4.78, 5) is 32.6. The van der Waals surface area contributed by atoms with E-state index in [0.29, 0.717) is 11.0 Å². The summed E-state index contributed by atoms with van der Waals surface area (Å²) in [6.45, 7) is 0.196. The van der Waals surface area contributed by atoms with E-state index in [2.05, 4.69) is 9.97 Å². The molecule has 6 heteroatoms. The average Bonchev–Trinajstić information content (AvgIpc) is 3.10.